The lowest BCUT2D eigenvalue weighted by atomic mass is 10.1. The third-order valence-electron chi connectivity index (χ3n) is 3.48. The van der Waals surface area contributed by atoms with Gasteiger partial charge in [0, 0.05) is 34.6 Å². The number of hydrogen-bond acceptors (Lipinski definition) is 1. The molecule has 0 aliphatic rings. The molecule has 0 unspecified atom stereocenters. The van der Waals surface area contributed by atoms with Gasteiger partial charge in [-0.05, 0) is 36.6 Å². The molecule has 2 aromatic rings. The van der Waals surface area contributed by atoms with Crippen LogP contribution in [0.4, 0.5) is 0 Å². The average molecular weight is 279 g/mol. The van der Waals surface area contributed by atoms with Gasteiger partial charge in [-0.25, -0.2) is 0 Å². The van der Waals surface area contributed by atoms with Crippen LogP contribution in [0.3, 0.4) is 0 Å². The number of fused-ring (bicyclic) bond motifs is 1. The summed E-state index contributed by atoms with van der Waals surface area (Å²) in [6, 6.07) is 5.80. The molecule has 3 nitrogen and oxygen atoms in total. The van der Waals surface area contributed by atoms with Crippen LogP contribution in [0.5, 0.6) is 0 Å². The highest BCUT2D eigenvalue weighted by molar-refractivity contribution is 6.31. The maximum Gasteiger partial charge on any atom is 0.222 e. The van der Waals surface area contributed by atoms with Crippen LogP contribution in [0, 0.1) is 5.92 Å². The van der Waals surface area contributed by atoms with Crippen molar-refractivity contribution in [3.63, 3.8) is 0 Å². The summed E-state index contributed by atoms with van der Waals surface area (Å²) in [6.45, 7) is 4.62. The van der Waals surface area contributed by atoms with Crippen molar-refractivity contribution in [2.24, 2.45) is 5.92 Å². The Bertz CT molecular complexity index is 577. The second-order valence-corrected chi connectivity index (χ2v) is 5.29. The van der Waals surface area contributed by atoms with Crippen molar-refractivity contribution in [2.45, 2.75) is 26.7 Å². The first-order chi connectivity index (χ1) is 9.11. The summed E-state index contributed by atoms with van der Waals surface area (Å²) in [6.07, 6.45) is 3.66. The van der Waals surface area contributed by atoms with E-state index in [9.17, 15) is 4.79 Å². The zero-order valence-corrected chi connectivity index (χ0v) is 12.1. The number of nitrogens with one attached hydrogen (secondary N) is 2. The summed E-state index contributed by atoms with van der Waals surface area (Å²) in [7, 11) is 0. The molecule has 0 bridgehead atoms. The smallest absolute Gasteiger partial charge is 0.222 e. The molecule has 102 valence electrons. The SMILES string of the molecule is CC[C@H](C)C(=O)NCCc1c[nH]c2ccc(Cl)cc12. The number of halogens is 1. The molecule has 1 aromatic carbocycles. The van der Waals surface area contributed by atoms with E-state index in [1.807, 2.05) is 38.2 Å². The Hall–Kier alpha value is -1.48. The molecule has 1 aromatic heterocycles. The summed E-state index contributed by atoms with van der Waals surface area (Å²) in [5.41, 5.74) is 2.26. The van der Waals surface area contributed by atoms with Gasteiger partial charge < -0.3 is 10.3 Å². The minimum Gasteiger partial charge on any atom is -0.361 e. The molecule has 1 atom stereocenters. The van der Waals surface area contributed by atoms with E-state index in [4.69, 9.17) is 11.6 Å². The number of aromatic nitrogens is 1. The number of hydrogen-bond donors (Lipinski definition) is 2. The molecule has 0 spiro atoms. The zero-order chi connectivity index (χ0) is 13.8. The topological polar surface area (TPSA) is 44.9 Å². The fourth-order valence-corrected chi connectivity index (χ4v) is 2.21. The van der Waals surface area contributed by atoms with E-state index in [1.54, 1.807) is 0 Å². The fraction of sp³-hybridized carbons (Fsp3) is 0.400. The van der Waals surface area contributed by atoms with Gasteiger partial charge in [-0.3, -0.25) is 4.79 Å². The summed E-state index contributed by atoms with van der Waals surface area (Å²) in [4.78, 5) is 14.9. The van der Waals surface area contributed by atoms with E-state index >= 15 is 0 Å². The molecule has 4 heteroatoms. The molecule has 0 aliphatic carbocycles. The minimum atomic E-state index is 0.0809. The third-order valence-corrected chi connectivity index (χ3v) is 3.72. The number of amides is 1. The van der Waals surface area contributed by atoms with Gasteiger partial charge in [0.15, 0.2) is 0 Å². The molecule has 0 radical (unpaired) electrons. The third kappa shape index (κ3) is 3.29. The number of carbonyl (C=O) groups excluding carboxylic acids is 1. The Kier molecular flexibility index (Phi) is 4.48. The van der Waals surface area contributed by atoms with Crippen molar-refractivity contribution in [1.82, 2.24) is 10.3 Å². The van der Waals surface area contributed by atoms with Crippen LogP contribution in [0.2, 0.25) is 5.02 Å². The van der Waals surface area contributed by atoms with Crippen LogP contribution < -0.4 is 5.32 Å². The van der Waals surface area contributed by atoms with Crippen LogP contribution in [-0.2, 0) is 11.2 Å². The second kappa shape index (κ2) is 6.11. The summed E-state index contributed by atoms with van der Waals surface area (Å²) in [5, 5.41) is 4.83. The molecule has 0 saturated heterocycles. The summed E-state index contributed by atoms with van der Waals surface area (Å²) < 4.78 is 0. The summed E-state index contributed by atoms with van der Waals surface area (Å²) >= 11 is 6.01. The molecular formula is C15H19ClN2O. The van der Waals surface area contributed by atoms with Crippen LogP contribution in [0.15, 0.2) is 24.4 Å². The van der Waals surface area contributed by atoms with Gasteiger partial charge in [0.1, 0.15) is 0 Å². The normalized spacial score (nSPS) is 12.6. The van der Waals surface area contributed by atoms with Crippen molar-refractivity contribution in [2.75, 3.05) is 6.54 Å². The molecule has 0 fully saturated rings. The van der Waals surface area contributed by atoms with E-state index in [-0.39, 0.29) is 11.8 Å². The molecule has 1 amide bonds. The Morgan fingerprint density at radius 3 is 3.00 bits per heavy atom. The molecular weight excluding hydrogens is 260 g/mol. The number of carbonyl (C=O) groups is 1. The number of benzene rings is 1. The van der Waals surface area contributed by atoms with Crippen molar-refractivity contribution < 1.29 is 4.79 Å². The predicted molar refractivity (Wildman–Crippen MR) is 79.5 cm³/mol. The van der Waals surface area contributed by atoms with Crippen LogP contribution >= 0.6 is 11.6 Å². The quantitative estimate of drug-likeness (QED) is 0.863. The van der Waals surface area contributed by atoms with Crippen LogP contribution in [-0.4, -0.2) is 17.4 Å². The van der Waals surface area contributed by atoms with E-state index in [0.717, 1.165) is 28.8 Å². The maximum absolute atomic E-state index is 11.7. The van der Waals surface area contributed by atoms with E-state index < -0.39 is 0 Å². The first-order valence-electron chi connectivity index (χ1n) is 6.65. The van der Waals surface area contributed by atoms with Gasteiger partial charge in [0.25, 0.3) is 0 Å². The van der Waals surface area contributed by atoms with E-state index in [0.29, 0.717) is 6.54 Å². The van der Waals surface area contributed by atoms with Gasteiger partial charge in [0.2, 0.25) is 5.91 Å². The molecule has 0 aliphatic heterocycles. The van der Waals surface area contributed by atoms with Crippen LogP contribution in [0.25, 0.3) is 10.9 Å². The monoisotopic (exact) mass is 278 g/mol. The number of aromatic amines is 1. The lowest BCUT2D eigenvalue weighted by Gasteiger charge is -2.09. The summed E-state index contributed by atoms with van der Waals surface area (Å²) in [5.74, 6) is 0.206. The molecule has 2 N–H and O–H groups in total. The van der Waals surface area contributed by atoms with Crippen molar-refractivity contribution >= 4 is 28.4 Å². The van der Waals surface area contributed by atoms with E-state index in [2.05, 4.69) is 10.3 Å². The number of H-pyrrole nitrogens is 1. The Morgan fingerprint density at radius 1 is 1.47 bits per heavy atom. The van der Waals surface area contributed by atoms with Gasteiger partial charge in [0.05, 0.1) is 0 Å². The lowest BCUT2D eigenvalue weighted by molar-refractivity contribution is -0.124. The predicted octanol–water partition coefficient (Wildman–Crippen LogP) is 3.53. The standard InChI is InChI=1S/C15H19ClN2O/c1-3-10(2)15(19)17-7-6-11-9-18-14-5-4-12(16)8-13(11)14/h4-5,8-10,18H,3,6-7H2,1-2H3,(H,17,19)/t10-/m0/s1. The lowest BCUT2D eigenvalue weighted by Crippen LogP contribution is -2.30. The average Bonchev–Trinajstić information content (AvgIpc) is 2.80. The first-order valence-corrected chi connectivity index (χ1v) is 7.02. The van der Waals surface area contributed by atoms with Gasteiger partial charge in [-0.2, -0.15) is 0 Å². The molecule has 19 heavy (non-hydrogen) atoms. The first kappa shape index (κ1) is 13.9. The van der Waals surface area contributed by atoms with E-state index in [1.165, 1.54) is 5.56 Å². The molecule has 0 saturated carbocycles. The molecule has 1 heterocycles. The Morgan fingerprint density at radius 2 is 2.26 bits per heavy atom. The van der Waals surface area contributed by atoms with Gasteiger partial charge in [-0.1, -0.05) is 25.4 Å². The van der Waals surface area contributed by atoms with Crippen molar-refractivity contribution in [1.29, 1.82) is 0 Å². The highest BCUT2D eigenvalue weighted by Gasteiger charge is 2.10. The number of rotatable bonds is 5. The van der Waals surface area contributed by atoms with Crippen molar-refractivity contribution in [3.8, 4) is 0 Å². The maximum atomic E-state index is 11.7. The Balaban J connectivity index is 1.98. The Labute approximate surface area is 118 Å². The second-order valence-electron chi connectivity index (χ2n) is 4.85. The largest absolute Gasteiger partial charge is 0.361 e. The zero-order valence-electron chi connectivity index (χ0n) is 11.3. The fourth-order valence-electron chi connectivity index (χ4n) is 2.04. The highest BCUT2D eigenvalue weighted by Crippen LogP contribution is 2.22. The van der Waals surface area contributed by atoms with Crippen molar-refractivity contribution in [3.05, 3.63) is 35.0 Å². The highest BCUT2D eigenvalue weighted by atomic mass is 35.5. The van der Waals surface area contributed by atoms with Gasteiger partial charge >= 0.3 is 0 Å². The minimum absolute atomic E-state index is 0.0809. The van der Waals surface area contributed by atoms with Gasteiger partial charge in [-0.15, -0.1) is 0 Å². The van der Waals surface area contributed by atoms with Crippen LogP contribution in [0.1, 0.15) is 25.8 Å². The molecule has 2 rings (SSSR count).